The lowest BCUT2D eigenvalue weighted by Crippen LogP contribution is -2.39. The predicted molar refractivity (Wildman–Crippen MR) is 60.2 cm³/mol. The van der Waals surface area contributed by atoms with Crippen molar-refractivity contribution in [1.29, 1.82) is 0 Å². The Labute approximate surface area is 92.0 Å². The minimum atomic E-state index is -0.469. The van der Waals surface area contributed by atoms with Gasteiger partial charge in [-0.15, -0.1) is 0 Å². The van der Waals surface area contributed by atoms with Gasteiger partial charge in [0.05, 0.1) is 5.60 Å². The molecule has 1 amide bonds. The third-order valence-corrected chi connectivity index (χ3v) is 3.84. The molecule has 0 aliphatic heterocycles. The molecule has 0 radical (unpaired) electrons. The fourth-order valence-corrected chi connectivity index (χ4v) is 2.39. The maximum atomic E-state index is 10.7. The van der Waals surface area contributed by atoms with Gasteiger partial charge in [-0.2, -0.15) is 0 Å². The second kappa shape index (κ2) is 4.97. The van der Waals surface area contributed by atoms with E-state index in [1.807, 2.05) is 0 Å². The van der Waals surface area contributed by atoms with Gasteiger partial charge in [-0.3, -0.25) is 4.79 Å². The minimum absolute atomic E-state index is 0.209. The summed E-state index contributed by atoms with van der Waals surface area (Å²) in [4.78, 5) is 10.7. The number of carbonyl (C=O) groups excluding carboxylic acids is 1. The van der Waals surface area contributed by atoms with Crippen LogP contribution in [0.15, 0.2) is 0 Å². The van der Waals surface area contributed by atoms with E-state index in [-0.39, 0.29) is 5.91 Å². The van der Waals surface area contributed by atoms with Gasteiger partial charge in [-0.05, 0) is 43.9 Å². The summed E-state index contributed by atoms with van der Waals surface area (Å²) >= 11 is 0. The third kappa shape index (κ3) is 3.49. The fourth-order valence-electron chi connectivity index (χ4n) is 2.39. The van der Waals surface area contributed by atoms with Crippen LogP contribution < -0.4 is 5.73 Å². The summed E-state index contributed by atoms with van der Waals surface area (Å²) in [6, 6.07) is 0. The molecule has 0 unspecified atom stereocenters. The van der Waals surface area contributed by atoms with Crippen LogP contribution in [0.4, 0.5) is 0 Å². The molecule has 0 aromatic rings. The lowest BCUT2D eigenvalue weighted by Gasteiger charge is -2.39. The van der Waals surface area contributed by atoms with Crippen LogP contribution in [-0.2, 0) is 4.79 Å². The summed E-state index contributed by atoms with van der Waals surface area (Å²) in [6.45, 7) is 4.15. The van der Waals surface area contributed by atoms with E-state index in [9.17, 15) is 9.90 Å². The number of primary amides is 1. The number of hydrogen-bond donors (Lipinski definition) is 2. The highest BCUT2D eigenvalue weighted by atomic mass is 16.3. The van der Waals surface area contributed by atoms with Crippen LogP contribution >= 0.6 is 0 Å². The maximum absolute atomic E-state index is 10.7. The standard InChI is InChI=1S/C12H23NO2/c1-9(2)12(15)7-5-10(6-8-12)3-4-11(13)14/h9-10,15H,3-8H2,1-2H3,(H2,13,14). The number of hydrogen-bond acceptors (Lipinski definition) is 2. The van der Waals surface area contributed by atoms with E-state index in [2.05, 4.69) is 13.8 Å². The first kappa shape index (κ1) is 12.5. The number of rotatable bonds is 4. The zero-order chi connectivity index (χ0) is 11.5. The number of aliphatic hydroxyl groups is 1. The predicted octanol–water partition coefficient (Wildman–Crippen LogP) is 1.83. The SMILES string of the molecule is CC(C)C1(O)CCC(CCC(N)=O)CC1. The molecule has 1 rings (SSSR count). The van der Waals surface area contributed by atoms with Gasteiger partial charge in [0, 0.05) is 6.42 Å². The molecule has 1 aliphatic rings. The van der Waals surface area contributed by atoms with Gasteiger partial charge in [0.2, 0.25) is 5.91 Å². The van der Waals surface area contributed by atoms with E-state index in [0.717, 1.165) is 32.1 Å². The summed E-state index contributed by atoms with van der Waals surface area (Å²) in [5, 5.41) is 10.3. The molecule has 0 aromatic heterocycles. The molecule has 0 spiro atoms. The van der Waals surface area contributed by atoms with Crippen molar-refractivity contribution < 1.29 is 9.90 Å². The largest absolute Gasteiger partial charge is 0.390 e. The Morgan fingerprint density at radius 3 is 2.40 bits per heavy atom. The summed E-state index contributed by atoms with van der Waals surface area (Å²) in [5.41, 5.74) is 4.65. The van der Waals surface area contributed by atoms with Crippen molar-refractivity contribution in [2.24, 2.45) is 17.6 Å². The van der Waals surface area contributed by atoms with Crippen molar-refractivity contribution in [2.75, 3.05) is 0 Å². The summed E-state index contributed by atoms with van der Waals surface area (Å²) in [6.07, 6.45) is 5.18. The van der Waals surface area contributed by atoms with Gasteiger partial charge in [-0.25, -0.2) is 0 Å². The number of carbonyl (C=O) groups is 1. The van der Waals surface area contributed by atoms with Crippen molar-refractivity contribution in [3.05, 3.63) is 0 Å². The molecule has 1 saturated carbocycles. The van der Waals surface area contributed by atoms with Gasteiger partial charge < -0.3 is 10.8 Å². The average molecular weight is 213 g/mol. The van der Waals surface area contributed by atoms with Crippen molar-refractivity contribution in [3.63, 3.8) is 0 Å². The molecule has 3 heteroatoms. The lowest BCUT2D eigenvalue weighted by atomic mass is 9.72. The third-order valence-electron chi connectivity index (χ3n) is 3.84. The molecule has 0 atom stereocenters. The molecule has 0 bridgehead atoms. The monoisotopic (exact) mass is 213 g/mol. The zero-order valence-corrected chi connectivity index (χ0v) is 9.83. The van der Waals surface area contributed by atoms with Crippen LogP contribution in [0.1, 0.15) is 52.4 Å². The van der Waals surface area contributed by atoms with Crippen molar-refractivity contribution in [2.45, 2.75) is 58.0 Å². The molecule has 1 fully saturated rings. The molecule has 0 heterocycles. The second-order valence-corrected chi connectivity index (χ2v) is 5.21. The van der Waals surface area contributed by atoms with Crippen molar-refractivity contribution >= 4 is 5.91 Å². The van der Waals surface area contributed by atoms with E-state index in [1.54, 1.807) is 0 Å². The van der Waals surface area contributed by atoms with Crippen LogP contribution in [0.25, 0.3) is 0 Å². The number of nitrogens with two attached hydrogens (primary N) is 1. The summed E-state index contributed by atoms with van der Waals surface area (Å²) < 4.78 is 0. The fraction of sp³-hybridized carbons (Fsp3) is 0.917. The van der Waals surface area contributed by atoms with Gasteiger partial charge in [0.1, 0.15) is 0 Å². The van der Waals surface area contributed by atoms with Crippen LogP contribution in [0, 0.1) is 11.8 Å². The van der Waals surface area contributed by atoms with Crippen LogP contribution in [-0.4, -0.2) is 16.6 Å². The van der Waals surface area contributed by atoms with Crippen molar-refractivity contribution in [1.82, 2.24) is 0 Å². The molecular weight excluding hydrogens is 190 g/mol. The second-order valence-electron chi connectivity index (χ2n) is 5.21. The van der Waals surface area contributed by atoms with Gasteiger partial charge in [0.25, 0.3) is 0 Å². The number of amides is 1. The maximum Gasteiger partial charge on any atom is 0.217 e. The quantitative estimate of drug-likeness (QED) is 0.748. The van der Waals surface area contributed by atoms with Crippen LogP contribution in [0.2, 0.25) is 0 Å². The Morgan fingerprint density at radius 2 is 2.00 bits per heavy atom. The average Bonchev–Trinajstić information content (AvgIpc) is 2.16. The molecular formula is C12H23NO2. The molecule has 88 valence electrons. The Balaban J connectivity index is 2.32. The first-order valence-electron chi connectivity index (χ1n) is 5.95. The van der Waals surface area contributed by atoms with E-state index >= 15 is 0 Å². The van der Waals surface area contributed by atoms with Gasteiger partial charge in [-0.1, -0.05) is 13.8 Å². The normalized spacial score (nSPS) is 31.9. The molecule has 15 heavy (non-hydrogen) atoms. The zero-order valence-electron chi connectivity index (χ0n) is 9.83. The first-order chi connectivity index (χ1) is 6.94. The molecule has 1 aliphatic carbocycles. The van der Waals surface area contributed by atoms with Crippen LogP contribution in [0.3, 0.4) is 0 Å². The van der Waals surface area contributed by atoms with Gasteiger partial charge >= 0.3 is 0 Å². The van der Waals surface area contributed by atoms with E-state index < -0.39 is 5.60 Å². The lowest BCUT2D eigenvalue weighted by molar-refractivity contribution is -0.118. The molecule has 3 N–H and O–H groups in total. The Bertz CT molecular complexity index is 218. The molecule has 0 saturated heterocycles. The van der Waals surface area contributed by atoms with E-state index in [0.29, 0.717) is 18.3 Å². The molecule has 3 nitrogen and oxygen atoms in total. The topological polar surface area (TPSA) is 63.3 Å². The Kier molecular flexibility index (Phi) is 4.14. The smallest absolute Gasteiger partial charge is 0.217 e. The summed E-state index contributed by atoms with van der Waals surface area (Å²) in [5.74, 6) is 0.700. The highest BCUT2D eigenvalue weighted by molar-refractivity contribution is 5.73. The van der Waals surface area contributed by atoms with Crippen molar-refractivity contribution in [3.8, 4) is 0 Å². The Morgan fingerprint density at radius 1 is 1.47 bits per heavy atom. The van der Waals surface area contributed by atoms with E-state index in [4.69, 9.17) is 5.73 Å². The van der Waals surface area contributed by atoms with Crippen LogP contribution in [0.5, 0.6) is 0 Å². The highest BCUT2D eigenvalue weighted by Crippen LogP contribution is 2.38. The summed E-state index contributed by atoms with van der Waals surface area (Å²) in [7, 11) is 0. The Hall–Kier alpha value is -0.570. The highest BCUT2D eigenvalue weighted by Gasteiger charge is 2.35. The minimum Gasteiger partial charge on any atom is -0.390 e. The molecule has 0 aromatic carbocycles. The first-order valence-corrected chi connectivity index (χ1v) is 5.95. The van der Waals surface area contributed by atoms with Gasteiger partial charge in [0.15, 0.2) is 0 Å². The van der Waals surface area contributed by atoms with E-state index in [1.165, 1.54) is 0 Å².